The number of carbonyl (C=O) groups excluding carboxylic acids is 1. The van der Waals surface area contributed by atoms with E-state index in [2.05, 4.69) is 10.3 Å². The molecule has 144 valence electrons. The lowest BCUT2D eigenvalue weighted by Gasteiger charge is -2.08. The van der Waals surface area contributed by atoms with Crippen LogP contribution in [0.4, 0.5) is 5.13 Å². The number of amides is 1. The molecule has 3 rings (SSSR count). The highest BCUT2D eigenvalue weighted by Gasteiger charge is 2.12. The summed E-state index contributed by atoms with van der Waals surface area (Å²) in [5.74, 6) is 1.86. The fourth-order valence-corrected chi connectivity index (χ4v) is 3.25. The molecule has 1 amide bonds. The van der Waals surface area contributed by atoms with Crippen molar-refractivity contribution < 1.29 is 19.0 Å². The van der Waals surface area contributed by atoms with E-state index in [-0.39, 0.29) is 5.91 Å². The van der Waals surface area contributed by atoms with E-state index >= 15 is 0 Å². The maximum atomic E-state index is 12.2. The highest BCUT2D eigenvalue weighted by molar-refractivity contribution is 7.14. The van der Waals surface area contributed by atoms with Gasteiger partial charge in [-0.05, 0) is 42.0 Å². The molecule has 0 radical (unpaired) electrons. The number of hydrogen-bond donors (Lipinski definition) is 1. The van der Waals surface area contributed by atoms with E-state index in [9.17, 15) is 4.79 Å². The molecule has 0 saturated carbocycles. The van der Waals surface area contributed by atoms with Gasteiger partial charge in [-0.1, -0.05) is 12.1 Å². The minimum absolute atomic E-state index is 0.263. The Morgan fingerprint density at radius 1 is 1.04 bits per heavy atom. The fraction of sp³-hybridized carbons (Fsp3) is 0.143. The molecule has 0 aliphatic rings. The molecule has 28 heavy (non-hydrogen) atoms. The van der Waals surface area contributed by atoms with Crippen molar-refractivity contribution in [3.63, 3.8) is 0 Å². The molecule has 2 aromatic carbocycles. The molecule has 0 aliphatic heterocycles. The fourth-order valence-electron chi connectivity index (χ4n) is 2.53. The van der Waals surface area contributed by atoms with Gasteiger partial charge in [0.25, 0.3) is 0 Å². The van der Waals surface area contributed by atoms with Gasteiger partial charge in [-0.2, -0.15) is 0 Å². The molecule has 0 unspecified atom stereocenters. The number of hydrogen-bond acceptors (Lipinski definition) is 6. The van der Waals surface area contributed by atoms with Gasteiger partial charge in [0.2, 0.25) is 5.91 Å². The summed E-state index contributed by atoms with van der Waals surface area (Å²) >= 11 is 1.34. The Balaban J connectivity index is 1.72. The number of anilines is 1. The largest absolute Gasteiger partial charge is 0.497 e. The molecule has 0 aliphatic carbocycles. The summed E-state index contributed by atoms with van der Waals surface area (Å²) in [6.07, 6.45) is 3.18. The zero-order valence-corrected chi connectivity index (χ0v) is 16.6. The van der Waals surface area contributed by atoms with Crippen molar-refractivity contribution in [2.75, 3.05) is 26.6 Å². The number of methoxy groups -OCH3 is 3. The van der Waals surface area contributed by atoms with Crippen LogP contribution >= 0.6 is 11.3 Å². The molecule has 0 saturated heterocycles. The highest BCUT2D eigenvalue weighted by Crippen LogP contribution is 2.35. The lowest BCUT2D eigenvalue weighted by molar-refractivity contribution is -0.111. The zero-order valence-electron chi connectivity index (χ0n) is 15.8. The van der Waals surface area contributed by atoms with Crippen LogP contribution in [0.1, 0.15) is 5.56 Å². The zero-order chi connectivity index (χ0) is 19.9. The first-order chi connectivity index (χ1) is 13.6. The molecule has 1 heterocycles. The normalized spacial score (nSPS) is 10.7. The quantitative estimate of drug-likeness (QED) is 0.596. The number of ether oxygens (including phenoxy) is 3. The van der Waals surface area contributed by atoms with Crippen LogP contribution in [0.25, 0.3) is 17.3 Å². The van der Waals surface area contributed by atoms with E-state index in [0.717, 1.165) is 16.9 Å². The first-order valence-corrected chi connectivity index (χ1v) is 9.32. The van der Waals surface area contributed by atoms with Crippen LogP contribution in [0.3, 0.4) is 0 Å². The standard InChI is InChI=1S/C21H20N2O4S/c1-25-15-6-4-5-14(11-15)7-10-20(24)23-21-22-18(13-28-21)17-12-16(26-2)8-9-19(17)27-3/h4-13H,1-3H3,(H,22,23,24). The van der Waals surface area contributed by atoms with Crippen molar-refractivity contribution in [2.24, 2.45) is 0 Å². The summed E-state index contributed by atoms with van der Waals surface area (Å²) in [5, 5.41) is 5.14. The number of nitrogens with zero attached hydrogens (tertiary/aromatic N) is 1. The number of benzene rings is 2. The third-order valence-electron chi connectivity index (χ3n) is 3.94. The third kappa shape index (κ3) is 4.69. The smallest absolute Gasteiger partial charge is 0.250 e. The first kappa shape index (κ1) is 19.4. The summed E-state index contributed by atoms with van der Waals surface area (Å²) in [7, 11) is 4.81. The van der Waals surface area contributed by atoms with Gasteiger partial charge in [0.05, 0.1) is 27.0 Å². The Bertz CT molecular complexity index is 998. The van der Waals surface area contributed by atoms with E-state index in [1.807, 2.05) is 47.8 Å². The molecule has 0 atom stereocenters. The van der Waals surface area contributed by atoms with E-state index in [0.29, 0.717) is 22.3 Å². The van der Waals surface area contributed by atoms with Crippen molar-refractivity contribution in [1.29, 1.82) is 0 Å². The second kappa shape index (κ2) is 9.05. The average molecular weight is 396 g/mol. The molecule has 0 spiro atoms. The van der Waals surface area contributed by atoms with Crippen molar-refractivity contribution in [1.82, 2.24) is 4.98 Å². The van der Waals surface area contributed by atoms with Gasteiger partial charge in [-0.25, -0.2) is 4.98 Å². The minimum atomic E-state index is -0.263. The molecular weight excluding hydrogens is 376 g/mol. The second-order valence-corrected chi connectivity index (χ2v) is 6.56. The van der Waals surface area contributed by atoms with E-state index in [1.54, 1.807) is 27.4 Å². The maximum absolute atomic E-state index is 12.2. The van der Waals surface area contributed by atoms with Crippen molar-refractivity contribution in [3.8, 4) is 28.5 Å². The van der Waals surface area contributed by atoms with Crippen LogP contribution in [0.15, 0.2) is 53.9 Å². The summed E-state index contributed by atoms with van der Waals surface area (Å²) in [4.78, 5) is 16.7. The van der Waals surface area contributed by atoms with Gasteiger partial charge in [-0.15, -0.1) is 11.3 Å². The summed E-state index contributed by atoms with van der Waals surface area (Å²) in [6, 6.07) is 12.9. The van der Waals surface area contributed by atoms with Gasteiger partial charge >= 0.3 is 0 Å². The summed E-state index contributed by atoms with van der Waals surface area (Å²) in [6.45, 7) is 0. The lowest BCUT2D eigenvalue weighted by atomic mass is 10.1. The SMILES string of the molecule is COc1cccc(C=CC(=O)Nc2nc(-c3cc(OC)ccc3OC)cs2)c1. The van der Waals surface area contributed by atoms with Crippen molar-refractivity contribution in [2.45, 2.75) is 0 Å². The maximum Gasteiger partial charge on any atom is 0.250 e. The van der Waals surface area contributed by atoms with Gasteiger partial charge in [0, 0.05) is 17.0 Å². The van der Waals surface area contributed by atoms with Crippen LogP contribution in [0.5, 0.6) is 17.2 Å². The molecule has 0 fully saturated rings. The van der Waals surface area contributed by atoms with Crippen molar-refractivity contribution in [3.05, 3.63) is 59.5 Å². The highest BCUT2D eigenvalue weighted by atomic mass is 32.1. The number of thiazole rings is 1. The van der Waals surface area contributed by atoms with Crippen LogP contribution < -0.4 is 19.5 Å². The molecule has 1 aromatic heterocycles. The Morgan fingerprint density at radius 2 is 1.82 bits per heavy atom. The summed E-state index contributed by atoms with van der Waals surface area (Å²) < 4.78 is 15.8. The Kier molecular flexibility index (Phi) is 6.29. The van der Waals surface area contributed by atoms with E-state index < -0.39 is 0 Å². The molecule has 1 N–H and O–H groups in total. The van der Waals surface area contributed by atoms with Crippen LogP contribution in [-0.2, 0) is 4.79 Å². The van der Waals surface area contributed by atoms with Gasteiger partial charge < -0.3 is 14.2 Å². The van der Waals surface area contributed by atoms with Crippen LogP contribution in [0, 0.1) is 0 Å². The number of aromatic nitrogens is 1. The molecule has 6 nitrogen and oxygen atoms in total. The van der Waals surface area contributed by atoms with E-state index in [1.165, 1.54) is 17.4 Å². The molecule has 7 heteroatoms. The lowest BCUT2D eigenvalue weighted by Crippen LogP contribution is -2.07. The minimum Gasteiger partial charge on any atom is -0.497 e. The van der Waals surface area contributed by atoms with Crippen LogP contribution in [-0.4, -0.2) is 32.2 Å². The first-order valence-electron chi connectivity index (χ1n) is 8.44. The van der Waals surface area contributed by atoms with Gasteiger partial charge in [0.15, 0.2) is 5.13 Å². The number of nitrogens with one attached hydrogen (secondary N) is 1. The Labute approximate surface area is 167 Å². The second-order valence-electron chi connectivity index (χ2n) is 5.70. The Morgan fingerprint density at radius 3 is 2.57 bits per heavy atom. The average Bonchev–Trinajstić information content (AvgIpc) is 3.20. The van der Waals surface area contributed by atoms with Crippen LogP contribution in [0.2, 0.25) is 0 Å². The predicted molar refractivity (Wildman–Crippen MR) is 111 cm³/mol. The number of carbonyl (C=O) groups is 1. The number of rotatable bonds is 7. The van der Waals surface area contributed by atoms with Gasteiger partial charge in [0.1, 0.15) is 17.2 Å². The van der Waals surface area contributed by atoms with Crippen molar-refractivity contribution >= 4 is 28.5 Å². The molecular formula is C21H20N2O4S. The topological polar surface area (TPSA) is 69.7 Å². The third-order valence-corrected chi connectivity index (χ3v) is 4.70. The molecule has 0 bridgehead atoms. The molecule has 3 aromatic rings. The monoisotopic (exact) mass is 396 g/mol. The predicted octanol–water partition coefficient (Wildman–Crippen LogP) is 4.49. The summed E-state index contributed by atoms with van der Waals surface area (Å²) in [5.41, 5.74) is 2.37. The van der Waals surface area contributed by atoms with Gasteiger partial charge in [-0.3, -0.25) is 10.1 Å². The Hall–Kier alpha value is -3.32. The van der Waals surface area contributed by atoms with E-state index in [4.69, 9.17) is 14.2 Å².